The summed E-state index contributed by atoms with van der Waals surface area (Å²) >= 11 is 0. The first-order valence-electron chi connectivity index (χ1n) is 4.63. The third-order valence-electron chi connectivity index (χ3n) is 3.05. The molecule has 0 bridgehead atoms. The molecule has 1 aliphatic carbocycles. The smallest absolute Gasteiger partial charge is 0.205 e. The van der Waals surface area contributed by atoms with Crippen molar-refractivity contribution >= 4 is 0 Å². The molecule has 3 unspecified atom stereocenters. The van der Waals surface area contributed by atoms with E-state index < -0.39 is 0 Å². The van der Waals surface area contributed by atoms with Gasteiger partial charge < -0.3 is 0 Å². The van der Waals surface area contributed by atoms with Crippen LogP contribution in [0.15, 0.2) is 0 Å². The molecular weight excluding hydrogens is 152 g/mol. The molecule has 2 fully saturated rings. The van der Waals surface area contributed by atoms with Crippen molar-refractivity contribution in [3.05, 3.63) is 0 Å². The van der Waals surface area contributed by atoms with Gasteiger partial charge in [-0.1, -0.05) is 13.3 Å². The SMILES string of the molecule is CC1CCC2CON(C#N)C2C1. The Hall–Kier alpha value is -0.750. The lowest BCUT2D eigenvalue weighted by molar-refractivity contribution is -0.0828. The molecule has 3 atom stereocenters. The summed E-state index contributed by atoms with van der Waals surface area (Å²) in [5, 5.41) is 10.2. The largest absolute Gasteiger partial charge is 0.263 e. The molecule has 1 saturated heterocycles. The maximum atomic E-state index is 8.74. The molecular formula is C9H14N2O. The minimum absolute atomic E-state index is 0.374. The number of nitrogens with zero attached hydrogens (tertiary/aromatic N) is 2. The molecule has 12 heavy (non-hydrogen) atoms. The van der Waals surface area contributed by atoms with Gasteiger partial charge in [-0.25, -0.2) is 0 Å². The highest BCUT2D eigenvalue weighted by atomic mass is 16.7. The van der Waals surface area contributed by atoms with E-state index in [1.54, 1.807) is 0 Å². The number of fused-ring (bicyclic) bond motifs is 1. The van der Waals surface area contributed by atoms with E-state index in [2.05, 4.69) is 13.1 Å². The normalized spacial score (nSPS) is 40.7. The van der Waals surface area contributed by atoms with Crippen LogP contribution in [0.1, 0.15) is 26.2 Å². The monoisotopic (exact) mass is 166 g/mol. The number of hydroxylamine groups is 2. The van der Waals surface area contributed by atoms with E-state index in [1.165, 1.54) is 17.9 Å². The molecule has 2 rings (SSSR count). The van der Waals surface area contributed by atoms with Gasteiger partial charge in [0, 0.05) is 5.92 Å². The molecule has 0 aromatic carbocycles. The van der Waals surface area contributed by atoms with Crippen LogP contribution in [0.3, 0.4) is 0 Å². The van der Waals surface area contributed by atoms with E-state index in [0.29, 0.717) is 12.0 Å². The zero-order chi connectivity index (χ0) is 8.55. The van der Waals surface area contributed by atoms with Gasteiger partial charge in [0.1, 0.15) is 0 Å². The highest BCUT2D eigenvalue weighted by Crippen LogP contribution is 2.36. The van der Waals surface area contributed by atoms with Crippen LogP contribution in [0.2, 0.25) is 0 Å². The van der Waals surface area contributed by atoms with E-state index in [1.807, 2.05) is 0 Å². The van der Waals surface area contributed by atoms with Gasteiger partial charge in [0.25, 0.3) is 0 Å². The second-order valence-electron chi connectivity index (χ2n) is 3.97. The van der Waals surface area contributed by atoms with E-state index >= 15 is 0 Å². The predicted molar refractivity (Wildman–Crippen MR) is 43.7 cm³/mol. The van der Waals surface area contributed by atoms with Crippen molar-refractivity contribution in [1.29, 1.82) is 5.26 Å². The summed E-state index contributed by atoms with van der Waals surface area (Å²) in [5.74, 6) is 1.37. The van der Waals surface area contributed by atoms with Crippen LogP contribution in [0, 0.1) is 23.3 Å². The molecule has 0 radical (unpaired) electrons. The lowest BCUT2D eigenvalue weighted by Gasteiger charge is -2.29. The van der Waals surface area contributed by atoms with Crippen molar-refractivity contribution in [2.45, 2.75) is 32.2 Å². The van der Waals surface area contributed by atoms with Crippen molar-refractivity contribution in [1.82, 2.24) is 5.06 Å². The van der Waals surface area contributed by atoms with Crippen LogP contribution >= 0.6 is 0 Å². The second-order valence-corrected chi connectivity index (χ2v) is 3.97. The summed E-state index contributed by atoms with van der Waals surface area (Å²) in [6.07, 6.45) is 5.74. The van der Waals surface area contributed by atoms with Crippen LogP contribution in [0.4, 0.5) is 0 Å². The Balaban J connectivity index is 2.06. The molecule has 0 N–H and O–H groups in total. The quantitative estimate of drug-likeness (QED) is 0.512. The molecule has 0 spiro atoms. The zero-order valence-corrected chi connectivity index (χ0v) is 7.36. The Morgan fingerprint density at radius 3 is 3.08 bits per heavy atom. The first-order chi connectivity index (χ1) is 5.81. The van der Waals surface area contributed by atoms with E-state index in [9.17, 15) is 0 Å². The highest BCUT2D eigenvalue weighted by Gasteiger charge is 2.38. The summed E-state index contributed by atoms with van der Waals surface area (Å²) in [4.78, 5) is 5.27. The Labute approximate surface area is 72.9 Å². The van der Waals surface area contributed by atoms with Gasteiger partial charge >= 0.3 is 0 Å². The molecule has 2 aliphatic rings. The molecule has 1 aliphatic heterocycles. The molecule has 66 valence electrons. The molecule has 0 amide bonds. The molecule has 0 aromatic rings. The van der Waals surface area contributed by atoms with Crippen molar-refractivity contribution in [3.63, 3.8) is 0 Å². The first kappa shape index (κ1) is 7.88. The second kappa shape index (κ2) is 2.95. The van der Waals surface area contributed by atoms with Crippen molar-refractivity contribution in [2.24, 2.45) is 11.8 Å². The van der Waals surface area contributed by atoms with Gasteiger partial charge in [0.05, 0.1) is 12.6 Å². The summed E-state index contributed by atoms with van der Waals surface area (Å²) in [6, 6.07) is 0.374. The summed E-state index contributed by atoms with van der Waals surface area (Å²) < 4.78 is 0. The standard InChI is InChI=1S/C9H14N2O/c1-7-2-3-8-5-12-11(6-10)9(8)4-7/h7-9H,2-5H2,1H3. The van der Waals surface area contributed by atoms with Crippen LogP contribution in [-0.2, 0) is 4.84 Å². The summed E-state index contributed by atoms with van der Waals surface area (Å²) in [6.45, 7) is 3.01. The number of hydrogen-bond donors (Lipinski definition) is 0. The van der Waals surface area contributed by atoms with Gasteiger partial charge in [-0.15, -0.1) is 0 Å². The predicted octanol–water partition coefficient (Wildman–Crippen LogP) is 1.52. The lowest BCUT2D eigenvalue weighted by Crippen LogP contribution is -2.33. The Kier molecular flexibility index (Phi) is 1.93. The molecule has 3 heteroatoms. The minimum atomic E-state index is 0.374. The first-order valence-corrected chi connectivity index (χ1v) is 4.63. The topological polar surface area (TPSA) is 36.3 Å². The van der Waals surface area contributed by atoms with Gasteiger partial charge in [0.2, 0.25) is 6.19 Å². The van der Waals surface area contributed by atoms with E-state index in [0.717, 1.165) is 18.9 Å². The maximum absolute atomic E-state index is 8.74. The van der Waals surface area contributed by atoms with Crippen molar-refractivity contribution < 1.29 is 4.84 Å². The average molecular weight is 166 g/mol. The fourth-order valence-corrected chi connectivity index (χ4v) is 2.27. The number of hydrogen-bond acceptors (Lipinski definition) is 3. The van der Waals surface area contributed by atoms with E-state index in [4.69, 9.17) is 10.1 Å². The lowest BCUT2D eigenvalue weighted by atomic mass is 9.80. The number of nitriles is 1. The third kappa shape index (κ3) is 1.16. The summed E-state index contributed by atoms with van der Waals surface area (Å²) in [7, 11) is 0. The van der Waals surface area contributed by atoms with Crippen LogP contribution in [-0.4, -0.2) is 17.7 Å². The molecule has 3 nitrogen and oxygen atoms in total. The minimum Gasteiger partial charge on any atom is -0.263 e. The highest BCUT2D eigenvalue weighted by molar-refractivity contribution is 4.90. The maximum Gasteiger partial charge on any atom is 0.205 e. The molecule has 0 aromatic heterocycles. The zero-order valence-electron chi connectivity index (χ0n) is 7.36. The van der Waals surface area contributed by atoms with Crippen LogP contribution in [0.25, 0.3) is 0 Å². The van der Waals surface area contributed by atoms with Crippen molar-refractivity contribution in [3.8, 4) is 6.19 Å². The Morgan fingerprint density at radius 2 is 2.33 bits per heavy atom. The van der Waals surface area contributed by atoms with Crippen LogP contribution in [0.5, 0.6) is 0 Å². The van der Waals surface area contributed by atoms with Gasteiger partial charge in [-0.3, -0.25) is 4.84 Å². The fourth-order valence-electron chi connectivity index (χ4n) is 2.27. The molecule has 1 heterocycles. The van der Waals surface area contributed by atoms with Crippen molar-refractivity contribution in [2.75, 3.05) is 6.61 Å². The fraction of sp³-hybridized carbons (Fsp3) is 0.889. The Morgan fingerprint density at radius 1 is 1.50 bits per heavy atom. The van der Waals surface area contributed by atoms with Gasteiger partial charge in [-0.05, 0) is 18.8 Å². The summed E-state index contributed by atoms with van der Waals surface area (Å²) in [5.41, 5.74) is 0. The molecule has 1 saturated carbocycles. The average Bonchev–Trinajstić information content (AvgIpc) is 2.46. The van der Waals surface area contributed by atoms with Crippen LogP contribution < -0.4 is 0 Å². The Bertz CT molecular complexity index is 211. The number of rotatable bonds is 0. The van der Waals surface area contributed by atoms with E-state index in [-0.39, 0.29) is 0 Å². The van der Waals surface area contributed by atoms with Gasteiger partial charge in [-0.2, -0.15) is 10.3 Å². The van der Waals surface area contributed by atoms with Gasteiger partial charge in [0.15, 0.2) is 0 Å². The third-order valence-corrected chi connectivity index (χ3v) is 3.05.